The van der Waals surface area contributed by atoms with Crippen LogP contribution in [0.2, 0.25) is 0 Å². The molecule has 180 valence electrons. The van der Waals surface area contributed by atoms with Gasteiger partial charge in [-0.25, -0.2) is 0 Å². The van der Waals surface area contributed by atoms with E-state index in [9.17, 15) is 14.7 Å². The molecule has 34 heavy (non-hydrogen) atoms. The number of hydrogen-bond donors (Lipinski definition) is 3. The van der Waals surface area contributed by atoms with Crippen molar-refractivity contribution in [3.8, 4) is 0 Å². The van der Waals surface area contributed by atoms with E-state index in [1.54, 1.807) is 11.1 Å². The van der Waals surface area contributed by atoms with E-state index in [-0.39, 0.29) is 17.5 Å². The highest BCUT2D eigenvalue weighted by Crippen LogP contribution is 2.30. The Bertz CT molecular complexity index is 1260. The van der Waals surface area contributed by atoms with Gasteiger partial charge in [-0.05, 0) is 69.4 Å². The Hall–Kier alpha value is -3.17. The van der Waals surface area contributed by atoms with Gasteiger partial charge in [-0.3, -0.25) is 14.3 Å². The zero-order valence-electron chi connectivity index (χ0n) is 19.6. The Balaban J connectivity index is 1.41. The number of benzene rings is 1. The third-order valence-electron chi connectivity index (χ3n) is 6.96. The van der Waals surface area contributed by atoms with Gasteiger partial charge in [0.1, 0.15) is 5.39 Å². The van der Waals surface area contributed by atoms with Gasteiger partial charge in [0.05, 0.1) is 23.8 Å². The second-order valence-corrected chi connectivity index (χ2v) is 9.68. The molecular formula is C25H31N5O4. The van der Waals surface area contributed by atoms with Crippen molar-refractivity contribution in [2.45, 2.75) is 51.2 Å². The van der Waals surface area contributed by atoms with E-state index < -0.39 is 5.60 Å². The van der Waals surface area contributed by atoms with Crippen molar-refractivity contribution in [2.75, 3.05) is 31.6 Å². The smallest absolute Gasteiger partial charge is 0.261 e. The summed E-state index contributed by atoms with van der Waals surface area (Å²) in [6, 6.07) is 7.50. The second-order valence-electron chi connectivity index (χ2n) is 9.68. The average molecular weight is 466 g/mol. The molecule has 0 radical (unpaired) electrons. The van der Waals surface area contributed by atoms with Crippen LogP contribution >= 0.6 is 0 Å². The second kappa shape index (κ2) is 8.88. The molecule has 1 amide bonds. The lowest BCUT2D eigenvalue weighted by molar-refractivity contribution is -0.00204. The van der Waals surface area contributed by atoms with Gasteiger partial charge in [0.25, 0.3) is 11.5 Å². The number of pyridine rings is 1. The summed E-state index contributed by atoms with van der Waals surface area (Å²) in [4.78, 5) is 30.3. The number of rotatable bonds is 4. The van der Waals surface area contributed by atoms with E-state index in [1.807, 2.05) is 42.8 Å². The largest absolute Gasteiger partial charge is 0.390 e. The summed E-state index contributed by atoms with van der Waals surface area (Å²) < 4.78 is 7.53. The standard InChI is InChI=1S/C25H31N5O4/c1-16-14-17(5-6-19(16)24(32)29-11-8-25(2,33)9-12-29)27-22-21-20(7-10-26-23(21)31)30(28-22)18-4-3-13-34-15-18/h5-7,10,14,18,33H,3-4,8-9,11-13,15H2,1-2H3,(H,26,31)(H,27,28). The highest BCUT2D eigenvalue weighted by Gasteiger charge is 2.30. The molecule has 0 spiro atoms. The number of carbonyl (C=O) groups is 1. The zero-order valence-corrected chi connectivity index (χ0v) is 19.6. The number of likely N-dealkylation sites (tertiary alicyclic amines) is 1. The summed E-state index contributed by atoms with van der Waals surface area (Å²) in [5, 5.41) is 18.7. The molecule has 2 fully saturated rings. The van der Waals surface area contributed by atoms with Crippen LogP contribution in [0.15, 0.2) is 35.3 Å². The SMILES string of the molecule is Cc1cc(Nc2nn(C3CCCOC3)c3cc[nH]c(=O)c23)ccc1C(=O)N1CCC(C)(O)CC1. The van der Waals surface area contributed by atoms with Gasteiger partial charge in [-0.15, -0.1) is 0 Å². The first kappa shape index (κ1) is 22.6. The molecule has 2 aromatic heterocycles. The Morgan fingerprint density at radius 3 is 2.79 bits per heavy atom. The van der Waals surface area contributed by atoms with Crippen molar-refractivity contribution in [1.29, 1.82) is 0 Å². The highest BCUT2D eigenvalue weighted by atomic mass is 16.5. The number of piperidine rings is 1. The minimum Gasteiger partial charge on any atom is -0.390 e. The zero-order chi connectivity index (χ0) is 23.9. The summed E-state index contributed by atoms with van der Waals surface area (Å²) in [6.07, 6.45) is 4.70. The van der Waals surface area contributed by atoms with Gasteiger partial charge < -0.3 is 25.0 Å². The Labute approximate surface area is 197 Å². The fourth-order valence-corrected chi connectivity index (χ4v) is 4.86. The summed E-state index contributed by atoms with van der Waals surface area (Å²) in [5.41, 5.74) is 2.10. The Kier molecular flexibility index (Phi) is 5.91. The maximum absolute atomic E-state index is 13.0. The Morgan fingerprint density at radius 1 is 1.29 bits per heavy atom. The molecule has 9 nitrogen and oxygen atoms in total. The first-order chi connectivity index (χ1) is 16.3. The minimum atomic E-state index is -0.701. The normalized spacial score (nSPS) is 20.4. The molecule has 4 heterocycles. The van der Waals surface area contributed by atoms with Crippen molar-refractivity contribution in [3.05, 3.63) is 51.9 Å². The van der Waals surface area contributed by atoms with Crippen LogP contribution in [0.1, 0.15) is 54.6 Å². The lowest BCUT2D eigenvalue weighted by atomic mass is 9.93. The van der Waals surface area contributed by atoms with Gasteiger partial charge >= 0.3 is 0 Å². The van der Waals surface area contributed by atoms with Crippen LogP contribution in [0.5, 0.6) is 0 Å². The van der Waals surface area contributed by atoms with Crippen molar-refractivity contribution < 1.29 is 14.6 Å². The van der Waals surface area contributed by atoms with Gasteiger partial charge in [0.2, 0.25) is 0 Å². The number of carbonyl (C=O) groups excluding carboxylic acids is 1. The number of nitrogens with one attached hydrogen (secondary N) is 2. The molecule has 2 aliphatic heterocycles. The number of aryl methyl sites for hydroxylation is 1. The molecule has 5 rings (SSSR count). The molecular weight excluding hydrogens is 434 g/mol. The van der Waals surface area contributed by atoms with Crippen LogP contribution in [-0.4, -0.2) is 62.6 Å². The molecule has 0 bridgehead atoms. The van der Waals surface area contributed by atoms with Gasteiger partial charge in [-0.1, -0.05) is 0 Å². The number of fused-ring (bicyclic) bond motifs is 1. The number of ether oxygens (including phenoxy) is 1. The molecule has 3 N–H and O–H groups in total. The number of H-pyrrole nitrogens is 1. The summed E-state index contributed by atoms with van der Waals surface area (Å²) in [7, 11) is 0. The van der Waals surface area contributed by atoms with E-state index in [0.29, 0.717) is 49.3 Å². The van der Waals surface area contributed by atoms with E-state index in [4.69, 9.17) is 9.84 Å². The van der Waals surface area contributed by atoms with E-state index in [0.717, 1.165) is 36.2 Å². The third kappa shape index (κ3) is 4.33. The van der Waals surface area contributed by atoms with Crippen LogP contribution in [0.3, 0.4) is 0 Å². The van der Waals surface area contributed by atoms with Crippen molar-refractivity contribution in [1.82, 2.24) is 19.7 Å². The highest BCUT2D eigenvalue weighted by molar-refractivity contribution is 5.96. The van der Waals surface area contributed by atoms with E-state index in [2.05, 4.69) is 10.3 Å². The van der Waals surface area contributed by atoms with Crippen LogP contribution < -0.4 is 10.9 Å². The number of aromatic amines is 1. The maximum Gasteiger partial charge on any atom is 0.261 e. The fraction of sp³-hybridized carbons (Fsp3) is 0.480. The van der Waals surface area contributed by atoms with Gasteiger partial charge in [-0.2, -0.15) is 5.10 Å². The predicted molar refractivity (Wildman–Crippen MR) is 130 cm³/mol. The fourth-order valence-electron chi connectivity index (χ4n) is 4.86. The van der Waals surface area contributed by atoms with E-state index in [1.165, 1.54) is 0 Å². The van der Waals surface area contributed by atoms with Gasteiger partial charge in [0.15, 0.2) is 5.82 Å². The number of nitrogens with zero attached hydrogens (tertiary/aromatic N) is 3. The van der Waals surface area contributed by atoms with Crippen LogP contribution in [0.25, 0.3) is 10.9 Å². The van der Waals surface area contributed by atoms with Crippen molar-refractivity contribution >= 4 is 28.3 Å². The van der Waals surface area contributed by atoms with Crippen LogP contribution in [0, 0.1) is 6.92 Å². The lowest BCUT2D eigenvalue weighted by Gasteiger charge is -2.36. The first-order valence-electron chi connectivity index (χ1n) is 11.9. The third-order valence-corrected chi connectivity index (χ3v) is 6.96. The summed E-state index contributed by atoms with van der Waals surface area (Å²) >= 11 is 0. The van der Waals surface area contributed by atoms with Crippen molar-refractivity contribution in [2.24, 2.45) is 0 Å². The number of hydrogen-bond acceptors (Lipinski definition) is 6. The molecule has 1 atom stereocenters. The molecule has 1 unspecified atom stereocenters. The Morgan fingerprint density at radius 2 is 2.09 bits per heavy atom. The average Bonchev–Trinajstić information content (AvgIpc) is 3.19. The quantitative estimate of drug-likeness (QED) is 0.546. The van der Waals surface area contributed by atoms with Crippen molar-refractivity contribution in [3.63, 3.8) is 0 Å². The molecule has 0 aliphatic carbocycles. The van der Waals surface area contributed by atoms with E-state index >= 15 is 0 Å². The molecule has 2 aliphatic rings. The molecule has 0 saturated carbocycles. The summed E-state index contributed by atoms with van der Waals surface area (Å²) in [6.45, 7) is 6.14. The molecule has 9 heteroatoms. The topological polar surface area (TPSA) is 112 Å². The first-order valence-corrected chi connectivity index (χ1v) is 11.9. The molecule has 1 aromatic carbocycles. The molecule has 3 aromatic rings. The number of anilines is 2. The number of aliphatic hydroxyl groups is 1. The lowest BCUT2D eigenvalue weighted by Crippen LogP contribution is -2.45. The maximum atomic E-state index is 13.0. The minimum absolute atomic E-state index is 0.0250. The molecule has 2 saturated heterocycles. The number of amides is 1. The summed E-state index contributed by atoms with van der Waals surface area (Å²) in [5.74, 6) is 0.460. The van der Waals surface area contributed by atoms with Crippen LogP contribution in [-0.2, 0) is 4.74 Å². The predicted octanol–water partition coefficient (Wildman–Crippen LogP) is 3.12. The van der Waals surface area contributed by atoms with Gasteiger partial charge in [0, 0.05) is 37.1 Å². The number of aromatic nitrogens is 3. The van der Waals surface area contributed by atoms with Crippen LogP contribution in [0.4, 0.5) is 11.5 Å². The monoisotopic (exact) mass is 465 g/mol.